The number of para-hydroxylation sites is 1. The summed E-state index contributed by atoms with van der Waals surface area (Å²) in [6, 6.07) is 10.1. The van der Waals surface area contributed by atoms with Crippen LogP contribution in [-0.4, -0.2) is 41.1 Å². The van der Waals surface area contributed by atoms with Crippen LogP contribution in [0.2, 0.25) is 0 Å². The summed E-state index contributed by atoms with van der Waals surface area (Å²) in [7, 11) is 1.70. The van der Waals surface area contributed by atoms with E-state index in [1.165, 1.54) is 0 Å². The summed E-state index contributed by atoms with van der Waals surface area (Å²) >= 11 is 0. The number of hydrogen-bond donors (Lipinski definition) is 1. The number of aliphatic hydroxyl groups is 1. The average molecular weight is 272 g/mol. The van der Waals surface area contributed by atoms with Crippen molar-refractivity contribution in [2.45, 2.75) is 19.8 Å². The second-order valence-corrected chi connectivity index (χ2v) is 4.99. The smallest absolute Gasteiger partial charge is 0.222 e. The van der Waals surface area contributed by atoms with Crippen molar-refractivity contribution in [3.63, 3.8) is 0 Å². The van der Waals surface area contributed by atoms with Gasteiger partial charge in [-0.3, -0.25) is 9.78 Å². The maximum absolute atomic E-state index is 11.8. The molecule has 0 saturated heterocycles. The van der Waals surface area contributed by atoms with Crippen molar-refractivity contribution in [2.24, 2.45) is 0 Å². The maximum Gasteiger partial charge on any atom is 0.222 e. The molecule has 4 nitrogen and oxygen atoms in total. The minimum Gasteiger partial charge on any atom is -0.395 e. The van der Waals surface area contributed by atoms with Crippen LogP contribution in [0.3, 0.4) is 0 Å². The lowest BCUT2D eigenvalue weighted by atomic mass is 10.1. The zero-order valence-electron chi connectivity index (χ0n) is 12.0. The molecule has 2 rings (SSSR count). The third-order valence-corrected chi connectivity index (χ3v) is 3.44. The largest absolute Gasteiger partial charge is 0.395 e. The van der Waals surface area contributed by atoms with E-state index in [4.69, 9.17) is 5.11 Å². The van der Waals surface area contributed by atoms with Crippen LogP contribution in [-0.2, 0) is 11.2 Å². The number of aryl methyl sites for hydroxylation is 2. The number of likely N-dealkylation sites (N-methyl/N-ethyl adjacent to an activating group) is 1. The number of aromatic nitrogens is 1. The van der Waals surface area contributed by atoms with Crippen LogP contribution in [0, 0.1) is 6.92 Å². The molecule has 20 heavy (non-hydrogen) atoms. The molecule has 0 fully saturated rings. The van der Waals surface area contributed by atoms with Crippen LogP contribution in [0.15, 0.2) is 30.3 Å². The molecule has 1 N–H and O–H groups in total. The van der Waals surface area contributed by atoms with Gasteiger partial charge < -0.3 is 10.0 Å². The highest BCUT2D eigenvalue weighted by Gasteiger charge is 2.09. The molecule has 1 heterocycles. The summed E-state index contributed by atoms with van der Waals surface area (Å²) in [5.74, 6) is 0.0331. The highest BCUT2D eigenvalue weighted by molar-refractivity contribution is 5.82. The molecular weight excluding hydrogens is 252 g/mol. The summed E-state index contributed by atoms with van der Waals surface area (Å²) in [4.78, 5) is 18.0. The minimum atomic E-state index is -0.00431. The van der Waals surface area contributed by atoms with Gasteiger partial charge in [0.1, 0.15) is 0 Å². The van der Waals surface area contributed by atoms with Gasteiger partial charge in [-0.15, -0.1) is 0 Å². The van der Waals surface area contributed by atoms with E-state index in [9.17, 15) is 4.79 Å². The van der Waals surface area contributed by atoms with E-state index in [0.29, 0.717) is 19.4 Å². The third-order valence-electron chi connectivity index (χ3n) is 3.44. The number of nitrogens with zero attached hydrogens (tertiary/aromatic N) is 2. The Hall–Kier alpha value is -1.94. The highest BCUT2D eigenvalue weighted by Crippen LogP contribution is 2.17. The van der Waals surface area contributed by atoms with Crippen LogP contribution in [0.4, 0.5) is 0 Å². The lowest BCUT2D eigenvalue weighted by Gasteiger charge is -2.15. The zero-order chi connectivity index (χ0) is 14.5. The zero-order valence-corrected chi connectivity index (χ0v) is 12.0. The second kappa shape index (κ2) is 6.48. The van der Waals surface area contributed by atoms with Gasteiger partial charge in [0, 0.05) is 31.1 Å². The molecule has 0 saturated carbocycles. The highest BCUT2D eigenvalue weighted by atomic mass is 16.3. The average Bonchev–Trinajstić information content (AvgIpc) is 2.45. The molecular formula is C16H20N2O2. The molecule has 1 amide bonds. The van der Waals surface area contributed by atoms with E-state index < -0.39 is 0 Å². The first-order chi connectivity index (χ1) is 9.61. The SMILES string of the molecule is Cc1cccc2ccc(CCC(=O)N(C)CCO)nc12. The molecule has 1 aromatic heterocycles. The third kappa shape index (κ3) is 3.33. The number of aliphatic hydroxyl groups excluding tert-OH is 1. The van der Waals surface area contributed by atoms with Crippen molar-refractivity contribution in [3.05, 3.63) is 41.6 Å². The predicted molar refractivity (Wildman–Crippen MR) is 79.5 cm³/mol. The molecule has 106 valence electrons. The van der Waals surface area contributed by atoms with Gasteiger partial charge in [-0.25, -0.2) is 0 Å². The van der Waals surface area contributed by atoms with Crippen molar-refractivity contribution >= 4 is 16.8 Å². The summed E-state index contributed by atoms with van der Waals surface area (Å²) in [6.45, 7) is 2.41. The molecule has 0 radical (unpaired) electrons. The topological polar surface area (TPSA) is 53.4 Å². The monoisotopic (exact) mass is 272 g/mol. The van der Waals surface area contributed by atoms with E-state index in [1.54, 1.807) is 11.9 Å². The predicted octanol–water partition coefficient (Wildman–Crippen LogP) is 1.93. The Morgan fingerprint density at radius 2 is 2.10 bits per heavy atom. The van der Waals surface area contributed by atoms with Gasteiger partial charge in [-0.1, -0.05) is 24.3 Å². The Balaban J connectivity index is 2.07. The van der Waals surface area contributed by atoms with E-state index in [0.717, 1.165) is 22.2 Å². The maximum atomic E-state index is 11.8. The molecule has 1 aromatic carbocycles. The number of fused-ring (bicyclic) bond motifs is 1. The number of carbonyl (C=O) groups excluding carboxylic acids is 1. The first kappa shape index (κ1) is 14.5. The number of benzene rings is 1. The molecule has 0 atom stereocenters. The van der Waals surface area contributed by atoms with Gasteiger partial charge in [0.2, 0.25) is 5.91 Å². The van der Waals surface area contributed by atoms with Crippen LogP contribution in [0.1, 0.15) is 17.7 Å². The second-order valence-electron chi connectivity index (χ2n) is 4.99. The van der Waals surface area contributed by atoms with Gasteiger partial charge in [-0.2, -0.15) is 0 Å². The Labute approximate surface area is 119 Å². The number of hydrogen-bond acceptors (Lipinski definition) is 3. The molecule has 0 aliphatic rings. The Bertz CT molecular complexity index is 610. The van der Waals surface area contributed by atoms with Gasteiger partial charge in [0.15, 0.2) is 0 Å². The van der Waals surface area contributed by atoms with Gasteiger partial charge >= 0.3 is 0 Å². The molecule has 4 heteroatoms. The molecule has 0 aliphatic carbocycles. The van der Waals surface area contributed by atoms with E-state index in [2.05, 4.69) is 4.98 Å². The summed E-state index contributed by atoms with van der Waals surface area (Å²) in [5.41, 5.74) is 3.08. The first-order valence-corrected chi connectivity index (χ1v) is 6.82. The van der Waals surface area contributed by atoms with Crippen molar-refractivity contribution in [1.82, 2.24) is 9.88 Å². The van der Waals surface area contributed by atoms with Crippen molar-refractivity contribution in [1.29, 1.82) is 0 Å². The molecule has 0 unspecified atom stereocenters. The normalized spacial score (nSPS) is 10.8. The van der Waals surface area contributed by atoms with Crippen molar-refractivity contribution in [2.75, 3.05) is 20.2 Å². The van der Waals surface area contributed by atoms with Crippen LogP contribution in [0.25, 0.3) is 10.9 Å². The van der Waals surface area contributed by atoms with Gasteiger partial charge in [0.25, 0.3) is 0 Å². The Morgan fingerprint density at radius 3 is 2.85 bits per heavy atom. The van der Waals surface area contributed by atoms with Crippen molar-refractivity contribution < 1.29 is 9.90 Å². The number of pyridine rings is 1. The minimum absolute atomic E-state index is 0.00431. The van der Waals surface area contributed by atoms with E-state index in [-0.39, 0.29) is 12.5 Å². The van der Waals surface area contributed by atoms with Crippen LogP contribution >= 0.6 is 0 Å². The molecule has 0 bridgehead atoms. The Kier molecular flexibility index (Phi) is 4.69. The summed E-state index contributed by atoms with van der Waals surface area (Å²) in [6.07, 6.45) is 1.04. The lowest BCUT2D eigenvalue weighted by Crippen LogP contribution is -2.29. The Morgan fingerprint density at radius 1 is 1.30 bits per heavy atom. The van der Waals surface area contributed by atoms with Crippen molar-refractivity contribution in [3.8, 4) is 0 Å². The first-order valence-electron chi connectivity index (χ1n) is 6.82. The fourth-order valence-corrected chi connectivity index (χ4v) is 2.18. The number of rotatable bonds is 5. The van der Waals surface area contributed by atoms with E-state index >= 15 is 0 Å². The summed E-state index contributed by atoms with van der Waals surface area (Å²) < 4.78 is 0. The van der Waals surface area contributed by atoms with Crippen LogP contribution < -0.4 is 0 Å². The standard InChI is InChI=1S/C16H20N2O2/c1-12-4-3-5-13-6-7-14(17-16(12)13)8-9-15(20)18(2)10-11-19/h3-7,19H,8-11H2,1-2H3. The molecule has 0 spiro atoms. The summed E-state index contributed by atoms with van der Waals surface area (Å²) in [5, 5.41) is 9.94. The quantitative estimate of drug-likeness (QED) is 0.905. The van der Waals surface area contributed by atoms with Crippen LogP contribution in [0.5, 0.6) is 0 Å². The van der Waals surface area contributed by atoms with Gasteiger partial charge in [-0.05, 0) is 25.0 Å². The molecule has 2 aromatic rings. The lowest BCUT2D eigenvalue weighted by molar-refractivity contribution is -0.130. The fourth-order valence-electron chi connectivity index (χ4n) is 2.18. The van der Waals surface area contributed by atoms with E-state index in [1.807, 2.05) is 37.3 Å². The molecule has 0 aliphatic heterocycles. The number of carbonyl (C=O) groups is 1. The van der Waals surface area contributed by atoms with Gasteiger partial charge in [0.05, 0.1) is 12.1 Å². The fraction of sp³-hybridized carbons (Fsp3) is 0.375. The number of amides is 1.